The first-order valence-electron chi connectivity index (χ1n) is 4.66. The molecule has 1 aliphatic heterocycles. The average Bonchev–Trinajstić information content (AvgIpc) is 2.04. The molecule has 0 aromatic rings. The Bertz CT molecular complexity index is 136. The number of rotatable bonds is 0. The van der Waals surface area contributed by atoms with Gasteiger partial charge in [-0.25, -0.2) is 0 Å². The molecule has 1 heterocycles. The summed E-state index contributed by atoms with van der Waals surface area (Å²) in [5.41, 5.74) is 0. The van der Waals surface area contributed by atoms with Gasteiger partial charge in [-0.15, -0.1) is 0 Å². The SMILES string of the molecule is OC1COC2CCCCC2C1. The van der Waals surface area contributed by atoms with E-state index in [1.165, 1.54) is 25.7 Å². The summed E-state index contributed by atoms with van der Waals surface area (Å²) in [6.07, 6.45) is 6.40. The molecule has 0 amide bonds. The Morgan fingerprint density at radius 2 is 2.00 bits per heavy atom. The normalized spacial score (nSPS) is 45.0. The van der Waals surface area contributed by atoms with Gasteiger partial charge in [-0.1, -0.05) is 12.8 Å². The second-order valence-electron chi connectivity index (χ2n) is 3.81. The van der Waals surface area contributed by atoms with Crippen LogP contribution in [-0.4, -0.2) is 23.9 Å². The van der Waals surface area contributed by atoms with E-state index >= 15 is 0 Å². The Hall–Kier alpha value is -0.0800. The van der Waals surface area contributed by atoms with Crippen LogP contribution < -0.4 is 0 Å². The van der Waals surface area contributed by atoms with Crippen LogP contribution in [0, 0.1) is 5.92 Å². The number of hydrogen-bond donors (Lipinski definition) is 1. The molecule has 11 heavy (non-hydrogen) atoms. The first-order valence-corrected chi connectivity index (χ1v) is 4.66. The maximum atomic E-state index is 9.32. The summed E-state index contributed by atoms with van der Waals surface area (Å²) in [5.74, 6) is 0.660. The van der Waals surface area contributed by atoms with E-state index in [1.807, 2.05) is 0 Å². The van der Waals surface area contributed by atoms with E-state index in [0.29, 0.717) is 18.6 Å². The highest BCUT2D eigenvalue weighted by Crippen LogP contribution is 2.33. The van der Waals surface area contributed by atoms with Gasteiger partial charge in [-0.05, 0) is 25.2 Å². The fraction of sp³-hybridized carbons (Fsp3) is 1.00. The Kier molecular flexibility index (Phi) is 2.14. The van der Waals surface area contributed by atoms with Crippen LogP contribution in [0.4, 0.5) is 0 Å². The highest BCUT2D eigenvalue weighted by molar-refractivity contribution is 4.81. The number of hydrogen-bond acceptors (Lipinski definition) is 2. The molecule has 64 valence electrons. The van der Waals surface area contributed by atoms with Crippen molar-refractivity contribution in [2.75, 3.05) is 6.61 Å². The lowest BCUT2D eigenvalue weighted by atomic mass is 9.81. The van der Waals surface area contributed by atoms with Gasteiger partial charge < -0.3 is 9.84 Å². The lowest BCUT2D eigenvalue weighted by Gasteiger charge is -2.37. The molecule has 0 aromatic carbocycles. The summed E-state index contributed by atoms with van der Waals surface area (Å²) in [4.78, 5) is 0. The minimum atomic E-state index is -0.186. The summed E-state index contributed by atoms with van der Waals surface area (Å²) in [5, 5.41) is 9.32. The van der Waals surface area contributed by atoms with Crippen molar-refractivity contribution >= 4 is 0 Å². The second-order valence-corrected chi connectivity index (χ2v) is 3.81. The standard InChI is InChI=1S/C9H16O2/c10-8-5-7-3-1-2-4-9(7)11-6-8/h7-10H,1-6H2. The fourth-order valence-corrected chi connectivity index (χ4v) is 2.31. The van der Waals surface area contributed by atoms with Gasteiger partial charge in [0, 0.05) is 0 Å². The minimum Gasteiger partial charge on any atom is -0.391 e. The predicted molar refractivity (Wildman–Crippen MR) is 42.3 cm³/mol. The number of fused-ring (bicyclic) bond motifs is 1. The third-order valence-electron chi connectivity index (χ3n) is 2.92. The highest BCUT2D eigenvalue weighted by Gasteiger charge is 2.31. The van der Waals surface area contributed by atoms with Crippen molar-refractivity contribution in [2.45, 2.75) is 44.3 Å². The van der Waals surface area contributed by atoms with Gasteiger partial charge in [0.1, 0.15) is 0 Å². The Labute approximate surface area is 67.6 Å². The van der Waals surface area contributed by atoms with E-state index in [2.05, 4.69) is 0 Å². The Morgan fingerprint density at radius 3 is 2.91 bits per heavy atom. The molecule has 3 unspecified atom stereocenters. The molecule has 1 saturated heterocycles. The molecule has 2 nitrogen and oxygen atoms in total. The van der Waals surface area contributed by atoms with Crippen molar-refractivity contribution in [3.05, 3.63) is 0 Å². The van der Waals surface area contributed by atoms with Crippen molar-refractivity contribution in [3.8, 4) is 0 Å². The van der Waals surface area contributed by atoms with Crippen LogP contribution in [0.25, 0.3) is 0 Å². The topological polar surface area (TPSA) is 29.5 Å². The van der Waals surface area contributed by atoms with Crippen molar-refractivity contribution < 1.29 is 9.84 Å². The average molecular weight is 156 g/mol. The van der Waals surface area contributed by atoms with Crippen molar-refractivity contribution in [3.63, 3.8) is 0 Å². The zero-order valence-corrected chi connectivity index (χ0v) is 6.83. The zero-order valence-electron chi connectivity index (χ0n) is 6.83. The van der Waals surface area contributed by atoms with Crippen LogP contribution in [0.2, 0.25) is 0 Å². The van der Waals surface area contributed by atoms with Crippen LogP contribution in [0.3, 0.4) is 0 Å². The first kappa shape index (κ1) is 7.56. The minimum absolute atomic E-state index is 0.186. The predicted octanol–water partition coefficient (Wildman–Crippen LogP) is 1.33. The third-order valence-corrected chi connectivity index (χ3v) is 2.92. The van der Waals surface area contributed by atoms with Gasteiger partial charge >= 0.3 is 0 Å². The molecular formula is C9H16O2. The molecule has 2 heteroatoms. The van der Waals surface area contributed by atoms with Gasteiger partial charge in [-0.2, -0.15) is 0 Å². The van der Waals surface area contributed by atoms with Crippen LogP contribution in [0.5, 0.6) is 0 Å². The van der Waals surface area contributed by atoms with Crippen molar-refractivity contribution in [2.24, 2.45) is 5.92 Å². The molecule has 0 radical (unpaired) electrons. The maximum absolute atomic E-state index is 9.32. The third kappa shape index (κ3) is 1.57. The molecule has 2 aliphatic rings. The lowest BCUT2D eigenvalue weighted by Crippen LogP contribution is -2.38. The van der Waals surface area contributed by atoms with Gasteiger partial charge in [0.25, 0.3) is 0 Å². The molecule has 0 bridgehead atoms. The van der Waals surface area contributed by atoms with Crippen LogP contribution in [0.1, 0.15) is 32.1 Å². The number of aliphatic hydroxyl groups is 1. The molecule has 3 atom stereocenters. The number of aliphatic hydroxyl groups excluding tert-OH is 1. The summed E-state index contributed by atoms with van der Waals surface area (Å²) in [7, 11) is 0. The smallest absolute Gasteiger partial charge is 0.0777 e. The fourth-order valence-electron chi connectivity index (χ4n) is 2.31. The van der Waals surface area contributed by atoms with Crippen LogP contribution >= 0.6 is 0 Å². The quantitative estimate of drug-likeness (QED) is 0.573. The molecule has 1 saturated carbocycles. The van der Waals surface area contributed by atoms with E-state index in [0.717, 1.165) is 6.42 Å². The molecule has 0 aromatic heterocycles. The Morgan fingerprint density at radius 1 is 1.18 bits per heavy atom. The van der Waals surface area contributed by atoms with E-state index in [4.69, 9.17) is 4.74 Å². The summed E-state index contributed by atoms with van der Waals surface area (Å²) in [6, 6.07) is 0. The van der Waals surface area contributed by atoms with Crippen molar-refractivity contribution in [1.29, 1.82) is 0 Å². The van der Waals surface area contributed by atoms with Crippen LogP contribution in [-0.2, 0) is 4.74 Å². The highest BCUT2D eigenvalue weighted by atomic mass is 16.5. The second kappa shape index (κ2) is 3.11. The maximum Gasteiger partial charge on any atom is 0.0777 e. The lowest BCUT2D eigenvalue weighted by molar-refractivity contribution is -0.103. The molecule has 1 aliphatic carbocycles. The zero-order chi connectivity index (χ0) is 7.68. The van der Waals surface area contributed by atoms with Gasteiger partial charge in [-0.3, -0.25) is 0 Å². The number of ether oxygens (including phenoxy) is 1. The summed E-state index contributed by atoms with van der Waals surface area (Å²) >= 11 is 0. The van der Waals surface area contributed by atoms with E-state index in [-0.39, 0.29) is 6.10 Å². The Balaban J connectivity index is 1.93. The molecular weight excluding hydrogens is 140 g/mol. The van der Waals surface area contributed by atoms with Gasteiger partial charge in [0.05, 0.1) is 18.8 Å². The van der Waals surface area contributed by atoms with Crippen LogP contribution in [0.15, 0.2) is 0 Å². The largest absolute Gasteiger partial charge is 0.391 e. The molecule has 2 fully saturated rings. The summed E-state index contributed by atoms with van der Waals surface area (Å²) in [6.45, 7) is 0.571. The molecule has 1 N–H and O–H groups in total. The van der Waals surface area contributed by atoms with E-state index in [9.17, 15) is 5.11 Å². The van der Waals surface area contributed by atoms with Gasteiger partial charge in [0.2, 0.25) is 0 Å². The molecule has 0 spiro atoms. The van der Waals surface area contributed by atoms with Gasteiger partial charge in [0.15, 0.2) is 0 Å². The van der Waals surface area contributed by atoms with E-state index in [1.54, 1.807) is 0 Å². The first-order chi connectivity index (χ1) is 5.36. The van der Waals surface area contributed by atoms with Crippen molar-refractivity contribution in [1.82, 2.24) is 0 Å². The molecule has 2 rings (SSSR count). The monoisotopic (exact) mass is 156 g/mol. The summed E-state index contributed by atoms with van der Waals surface area (Å²) < 4.78 is 5.54. The van der Waals surface area contributed by atoms with E-state index < -0.39 is 0 Å².